The molecule has 0 spiro atoms. The van der Waals surface area contributed by atoms with Crippen molar-refractivity contribution >= 4 is 28.3 Å². The third kappa shape index (κ3) is 5.40. The fraction of sp³-hybridized carbons (Fsp3) is 0.444. The molecule has 1 unspecified atom stereocenters. The second-order valence-corrected chi connectivity index (χ2v) is 8.13. The fourth-order valence-electron chi connectivity index (χ4n) is 2.87. The van der Waals surface area contributed by atoms with Crippen LogP contribution in [0.2, 0.25) is 0 Å². The van der Waals surface area contributed by atoms with Crippen LogP contribution in [0.4, 0.5) is 4.79 Å². The van der Waals surface area contributed by atoms with Crippen molar-refractivity contribution in [2.45, 2.75) is 50.0 Å². The highest BCUT2D eigenvalue weighted by atomic mass is 32.2. The van der Waals surface area contributed by atoms with E-state index in [0.29, 0.717) is 6.54 Å². The Bertz CT molecular complexity index is 613. The van der Waals surface area contributed by atoms with E-state index in [1.807, 2.05) is 29.0 Å². The number of imidazole rings is 1. The van der Waals surface area contributed by atoms with E-state index >= 15 is 0 Å². The molecule has 1 atom stereocenters. The molecule has 0 radical (unpaired) electrons. The molecule has 1 aromatic carbocycles. The first-order chi connectivity index (χ1) is 11.8. The normalized spacial score (nSPS) is 16.8. The number of rotatable bonds is 6. The second kappa shape index (κ2) is 9.30. The van der Waals surface area contributed by atoms with Crippen LogP contribution in [-0.4, -0.2) is 20.1 Å². The Labute approximate surface area is 151 Å². The third-order valence-corrected chi connectivity index (χ3v) is 6.05. The lowest BCUT2D eigenvalue weighted by Gasteiger charge is -2.21. The number of aromatic nitrogens is 2. The lowest BCUT2D eigenvalue weighted by Crippen LogP contribution is -2.14. The Kier molecular flexibility index (Phi) is 6.81. The minimum atomic E-state index is 0.0227. The molecule has 2 aromatic rings. The first kappa shape index (κ1) is 17.6. The van der Waals surface area contributed by atoms with Crippen molar-refractivity contribution in [2.75, 3.05) is 0 Å². The van der Waals surface area contributed by atoms with Gasteiger partial charge in [-0.3, -0.25) is 4.79 Å². The highest BCUT2D eigenvalue weighted by molar-refractivity contribution is 8.36. The van der Waals surface area contributed by atoms with Crippen LogP contribution in [0.5, 0.6) is 0 Å². The standard InChI is InChI=1S/C18H22N2O2S2/c21-18(24-22-16-9-5-2-6-10-16)23-17(13-20-12-11-19-14-20)15-7-3-1-4-8-15/h1,3-4,7-8,11-12,14,16-17H,2,5-6,9-10,13H2. The van der Waals surface area contributed by atoms with E-state index in [-0.39, 0.29) is 15.8 Å². The van der Waals surface area contributed by atoms with Gasteiger partial charge in [-0.2, -0.15) is 0 Å². The summed E-state index contributed by atoms with van der Waals surface area (Å²) < 4.78 is 7.77. The average molecular weight is 363 g/mol. The van der Waals surface area contributed by atoms with Gasteiger partial charge in [0.05, 0.1) is 29.7 Å². The molecular formula is C18H22N2O2S2. The summed E-state index contributed by atoms with van der Waals surface area (Å²) in [4.78, 5) is 16.5. The van der Waals surface area contributed by atoms with Gasteiger partial charge in [0.1, 0.15) is 0 Å². The van der Waals surface area contributed by atoms with Crippen molar-refractivity contribution in [3.63, 3.8) is 0 Å². The lowest BCUT2D eigenvalue weighted by molar-refractivity contribution is 0.185. The average Bonchev–Trinajstić information content (AvgIpc) is 3.14. The molecule has 24 heavy (non-hydrogen) atoms. The number of nitrogens with zero attached hydrogens (tertiary/aromatic N) is 2. The zero-order valence-corrected chi connectivity index (χ0v) is 15.2. The molecule has 1 saturated carbocycles. The molecule has 1 fully saturated rings. The summed E-state index contributed by atoms with van der Waals surface area (Å²) in [5.74, 6) is 0. The summed E-state index contributed by atoms with van der Waals surface area (Å²) in [6.45, 7) is 0.713. The maximum Gasteiger partial charge on any atom is 0.273 e. The molecule has 0 saturated heterocycles. The minimum Gasteiger partial charge on any atom is -0.336 e. The maximum atomic E-state index is 12.4. The molecule has 6 heteroatoms. The Balaban J connectivity index is 1.57. The van der Waals surface area contributed by atoms with Crippen LogP contribution in [-0.2, 0) is 10.7 Å². The van der Waals surface area contributed by atoms with E-state index in [1.54, 1.807) is 12.5 Å². The number of benzene rings is 1. The van der Waals surface area contributed by atoms with Crippen molar-refractivity contribution in [2.24, 2.45) is 0 Å². The molecular weight excluding hydrogens is 340 g/mol. The molecule has 4 nitrogen and oxygen atoms in total. The van der Waals surface area contributed by atoms with Crippen molar-refractivity contribution in [1.29, 1.82) is 0 Å². The zero-order valence-electron chi connectivity index (χ0n) is 13.5. The molecule has 1 aliphatic carbocycles. The van der Waals surface area contributed by atoms with Crippen molar-refractivity contribution < 1.29 is 8.98 Å². The molecule has 3 rings (SSSR count). The number of hydrogen-bond acceptors (Lipinski definition) is 5. The van der Waals surface area contributed by atoms with Gasteiger partial charge in [0.25, 0.3) is 4.45 Å². The third-order valence-electron chi connectivity index (χ3n) is 4.15. The van der Waals surface area contributed by atoms with E-state index < -0.39 is 0 Å². The quantitative estimate of drug-likeness (QED) is 0.637. The van der Waals surface area contributed by atoms with Gasteiger partial charge in [-0.25, -0.2) is 4.98 Å². The van der Waals surface area contributed by atoms with Gasteiger partial charge >= 0.3 is 0 Å². The van der Waals surface area contributed by atoms with E-state index in [1.165, 1.54) is 31.0 Å². The lowest BCUT2D eigenvalue weighted by atomic mass is 9.98. The van der Waals surface area contributed by atoms with Crippen molar-refractivity contribution in [3.8, 4) is 0 Å². The summed E-state index contributed by atoms with van der Waals surface area (Å²) in [6.07, 6.45) is 11.5. The Morgan fingerprint density at radius 2 is 2.04 bits per heavy atom. The molecule has 0 bridgehead atoms. The van der Waals surface area contributed by atoms with Gasteiger partial charge in [0.15, 0.2) is 0 Å². The first-order valence-corrected chi connectivity index (χ1v) is 9.98. The van der Waals surface area contributed by atoms with Crippen LogP contribution < -0.4 is 0 Å². The SMILES string of the molecule is O=C(SOC1CCCCC1)SC(Cn1ccnc1)c1ccccc1. The highest BCUT2D eigenvalue weighted by Gasteiger charge is 2.21. The van der Waals surface area contributed by atoms with Crippen LogP contribution >= 0.6 is 23.8 Å². The highest BCUT2D eigenvalue weighted by Crippen LogP contribution is 2.36. The van der Waals surface area contributed by atoms with Crippen LogP contribution in [0.3, 0.4) is 0 Å². The Morgan fingerprint density at radius 3 is 2.75 bits per heavy atom. The van der Waals surface area contributed by atoms with Gasteiger partial charge in [0, 0.05) is 18.9 Å². The van der Waals surface area contributed by atoms with Crippen molar-refractivity contribution in [1.82, 2.24) is 9.55 Å². The summed E-state index contributed by atoms with van der Waals surface area (Å²) in [6, 6.07) is 10.1. The molecule has 1 aliphatic rings. The van der Waals surface area contributed by atoms with E-state index in [2.05, 4.69) is 17.1 Å². The molecule has 0 N–H and O–H groups in total. The summed E-state index contributed by atoms with van der Waals surface area (Å²) in [7, 11) is 0. The predicted octanol–water partition coefficient (Wildman–Crippen LogP) is 5.48. The van der Waals surface area contributed by atoms with Crippen LogP contribution in [0, 0.1) is 0 Å². The zero-order chi connectivity index (χ0) is 16.6. The molecule has 1 heterocycles. The molecule has 128 valence electrons. The van der Waals surface area contributed by atoms with Crippen LogP contribution in [0.25, 0.3) is 0 Å². The van der Waals surface area contributed by atoms with Crippen molar-refractivity contribution in [3.05, 3.63) is 54.6 Å². The smallest absolute Gasteiger partial charge is 0.273 e. The number of hydrogen-bond donors (Lipinski definition) is 0. The molecule has 1 aromatic heterocycles. The number of thioether (sulfide) groups is 1. The van der Waals surface area contributed by atoms with Gasteiger partial charge in [-0.15, -0.1) is 0 Å². The van der Waals surface area contributed by atoms with E-state index in [0.717, 1.165) is 30.4 Å². The summed E-state index contributed by atoms with van der Waals surface area (Å²) in [5, 5.41) is 0.0513. The Hall–Kier alpha value is -1.24. The molecule has 0 amide bonds. The van der Waals surface area contributed by atoms with Crippen LogP contribution in [0.15, 0.2) is 49.1 Å². The largest absolute Gasteiger partial charge is 0.336 e. The second-order valence-electron chi connectivity index (χ2n) is 5.97. The maximum absolute atomic E-state index is 12.4. The van der Waals surface area contributed by atoms with Gasteiger partial charge < -0.3 is 8.75 Å². The fourth-order valence-corrected chi connectivity index (χ4v) is 4.67. The van der Waals surface area contributed by atoms with E-state index in [9.17, 15) is 4.79 Å². The van der Waals surface area contributed by atoms with Crippen LogP contribution in [0.1, 0.15) is 42.9 Å². The predicted molar refractivity (Wildman–Crippen MR) is 99.9 cm³/mol. The molecule has 0 aliphatic heterocycles. The van der Waals surface area contributed by atoms with E-state index in [4.69, 9.17) is 4.18 Å². The monoisotopic (exact) mass is 362 g/mol. The summed E-state index contributed by atoms with van der Waals surface area (Å²) >= 11 is 2.35. The topological polar surface area (TPSA) is 44.1 Å². The number of carbonyl (C=O) groups is 1. The van der Waals surface area contributed by atoms with Gasteiger partial charge in [0.2, 0.25) is 0 Å². The van der Waals surface area contributed by atoms with Gasteiger partial charge in [-0.1, -0.05) is 61.4 Å². The number of carbonyl (C=O) groups excluding carboxylic acids is 1. The summed E-state index contributed by atoms with van der Waals surface area (Å²) in [5.41, 5.74) is 1.14. The first-order valence-electron chi connectivity index (χ1n) is 8.36. The Morgan fingerprint density at radius 1 is 1.25 bits per heavy atom. The minimum absolute atomic E-state index is 0.0227. The van der Waals surface area contributed by atoms with Gasteiger partial charge in [-0.05, 0) is 18.4 Å².